The summed E-state index contributed by atoms with van der Waals surface area (Å²) < 4.78 is 6.01. The summed E-state index contributed by atoms with van der Waals surface area (Å²) in [6.07, 6.45) is 4.99. The number of aromatic amines is 1. The average molecular weight is 448 g/mol. The predicted molar refractivity (Wildman–Crippen MR) is 134 cm³/mol. The van der Waals surface area contributed by atoms with Crippen LogP contribution >= 0.6 is 0 Å². The van der Waals surface area contributed by atoms with Crippen LogP contribution in [0.5, 0.6) is 5.75 Å². The Kier molecular flexibility index (Phi) is 6.38. The van der Waals surface area contributed by atoms with E-state index in [1.165, 1.54) is 5.56 Å². The van der Waals surface area contributed by atoms with Gasteiger partial charge in [-0.2, -0.15) is 0 Å². The molecule has 168 valence electrons. The molecule has 5 aromatic rings. The number of benzene rings is 3. The van der Waals surface area contributed by atoms with Gasteiger partial charge in [-0.25, -0.2) is 10.1 Å². The summed E-state index contributed by atoms with van der Waals surface area (Å²) in [7, 11) is 0. The highest BCUT2D eigenvalue weighted by Crippen LogP contribution is 2.21. The maximum Gasteiger partial charge on any atom is 0.149 e. The van der Waals surface area contributed by atoms with Crippen molar-refractivity contribution in [3.63, 3.8) is 0 Å². The summed E-state index contributed by atoms with van der Waals surface area (Å²) in [5.41, 5.74) is 5.37. The Balaban J connectivity index is 1.20. The van der Waals surface area contributed by atoms with Crippen LogP contribution in [-0.2, 0) is 13.0 Å². The summed E-state index contributed by atoms with van der Waals surface area (Å²) >= 11 is 0. The first kappa shape index (κ1) is 21.5. The summed E-state index contributed by atoms with van der Waals surface area (Å²) in [5.74, 6) is 1.96. The van der Waals surface area contributed by atoms with Crippen molar-refractivity contribution in [1.82, 2.24) is 25.6 Å². The van der Waals surface area contributed by atoms with Gasteiger partial charge in [0.1, 0.15) is 18.2 Å². The minimum Gasteiger partial charge on any atom is -0.487 e. The highest BCUT2D eigenvalue weighted by molar-refractivity contribution is 5.78. The van der Waals surface area contributed by atoms with Crippen molar-refractivity contribution in [2.75, 3.05) is 0 Å². The summed E-state index contributed by atoms with van der Waals surface area (Å²) in [6.45, 7) is 2.61. The number of hydrogen-bond acceptors (Lipinski definition) is 5. The number of aromatic nitrogens is 5. The molecule has 0 radical (unpaired) electrons. The van der Waals surface area contributed by atoms with Crippen LogP contribution in [0, 0.1) is 0 Å². The van der Waals surface area contributed by atoms with E-state index in [9.17, 15) is 0 Å². The fourth-order valence-corrected chi connectivity index (χ4v) is 3.86. The van der Waals surface area contributed by atoms with Crippen LogP contribution < -0.4 is 4.74 Å². The Morgan fingerprint density at radius 3 is 2.59 bits per heavy atom. The van der Waals surface area contributed by atoms with Crippen molar-refractivity contribution in [1.29, 1.82) is 0 Å². The quantitative estimate of drug-likeness (QED) is 0.302. The zero-order chi connectivity index (χ0) is 23.2. The molecule has 6 heteroatoms. The van der Waals surface area contributed by atoms with E-state index in [1.54, 1.807) is 0 Å². The molecule has 0 amide bonds. The fourth-order valence-electron chi connectivity index (χ4n) is 3.86. The van der Waals surface area contributed by atoms with E-state index in [0.29, 0.717) is 12.5 Å². The van der Waals surface area contributed by atoms with E-state index in [0.717, 1.165) is 45.7 Å². The zero-order valence-electron chi connectivity index (χ0n) is 18.9. The van der Waals surface area contributed by atoms with Crippen molar-refractivity contribution in [3.8, 4) is 5.75 Å². The van der Waals surface area contributed by atoms with Crippen molar-refractivity contribution >= 4 is 23.1 Å². The lowest BCUT2D eigenvalue weighted by atomic mass is 9.96. The lowest BCUT2D eigenvalue weighted by Crippen LogP contribution is -2.00. The number of tetrazole rings is 1. The third-order valence-corrected chi connectivity index (χ3v) is 5.76. The molecule has 1 unspecified atom stereocenters. The maximum absolute atomic E-state index is 6.01. The van der Waals surface area contributed by atoms with Gasteiger partial charge in [-0.15, -0.1) is 5.10 Å². The molecule has 2 heterocycles. The molecule has 34 heavy (non-hydrogen) atoms. The molecule has 0 saturated carbocycles. The largest absolute Gasteiger partial charge is 0.487 e. The van der Waals surface area contributed by atoms with Gasteiger partial charge in [0.15, 0.2) is 0 Å². The van der Waals surface area contributed by atoms with E-state index >= 15 is 0 Å². The zero-order valence-corrected chi connectivity index (χ0v) is 18.9. The Morgan fingerprint density at radius 1 is 0.882 bits per heavy atom. The first-order chi connectivity index (χ1) is 16.7. The number of para-hydroxylation sites is 1. The lowest BCUT2D eigenvalue weighted by Gasteiger charge is -2.10. The molecule has 0 bridgehead atoms. The molecular formula is C28H25N5O. The topological polar surface area (TPSA) is 76.6 Å². The fraction of sp³-hybridized carbons (Fsp3) is 0.143. The van der Waals surface area contributed by atoms with E-state index < -0.39 is 0 Å². The number of hydrogen-bond donors (Lipinski definition) is 1. The molecular weight excluding hydrogens is 422 g/mol. The summed E-state index contributed by atoms with van der Waals surface area (Å²) in [6, 6.07) is 28.9. The second kappa shape index (κ2) is 10.1. The molecule has 0 aliphatic rings. The molecule has 1 atom stereocenters. The molecule has 6 nitrogen and oxygen atoms in total. The SMILES string of the molecule is CC(Cc1nnn[nH]1)c1ccc(/C=C/c2cccc(OCc3ccc4ccccc4n3)c2)cc1. The smallest absolute Gasteiger partial charge is 0.149 e. The van der Waals surface area contributed by atoms with Crippen LogP contribution in [0.1, 0.15) is 41.1 Å². The molecule has 2 aromatic heterocycles. The Labute approximate surface area is 198 Å². The number of nitrogens with one attached hydrogen (secondary N) is 1. The molecule has 0 aliphatic carbocycles. The molecule has 0 spiro atoms. The van der Waals surface area contributed by atoms with E-state index in [2.05, 4.69) is 87.1 Å². The van der Waals surface area contributed by atoms with Gasteiger partial charge in [0.2, 0.25) is 0 Å². The normalized spacial score (nSPS) is 12.3. The maximum atomic E-state index is 6.01. The monoisotopic (exact) mass is 447 g/mol. The number of fused-ring (bicyclic) bond motifs is 1. The minimum atomic E-state index is 0.332. The van der Waals surface area contributed by atoms with E-state index in [4.69, 9.17) is 4.74 Å². The first-order valence-electron chi connectivity index (χ1n) is 11.3. The van der Waals surface area contributed by atoms with Crippen LogP contribution in [0.4, 0.5) is 0 Å². The van der Waals surface area contributed by atoms with Gasteiger partial charge >= 0.3 is 0 Å². The third-order valence-electron chi connectivity index (χ3n) is 5.76. The molecule has 5 rings (SSSR count). The second-order valence-corrected chi connectivity index (χ2v) is 8.31. The van der Waals surface area contributed by atoms with E-state index in [-0.39, 0.29) is 0 Å². The van der Waals surface area contributed by atoms with E-state index in [1.807, 2.05) is 42.5 Å². The molecule has 0 saturated heterocycles. The Morgan fingerprint density at radius 2 is 1.74 bits per heavy atom. The minimum absolute atomic E-state index is 0.332. The van der Waals surface area contributed by atoms with Crippen molar-refractivity contribution in [3.05, 3.63) is 113 Å². The van der Waals surface area contributed by atoms with Crippen molar-refractivity contribution < 1.29 is 4.74 Å². The number of ether oxygens (including phenoxy) is 1. The van der Waals surface area contributed by atoms with Crippen LogP contribution in [0.25, 0.3) is 23.1 Å². The predicted octanol–water partition coefficient (Wildman–Crippen LogP) is 5.84. The lowest BCUT2D eigenvalue weighted by molar-refractivity contribution is 0.302. The molecule has 1 N–H and O–H groups in total. The van der Waals surface area contributed by atoms with Gasteiger partial charge in [0.25, 0.3) is 0 Å². The van der Waals surface area contributed by atoms with Gasteiger partial charge in [0, 0.05) is 11.8 Å². The van der Waals surface area contributed by atoms with Crippen LogP contribution in [0.2, 0.25) is 0 Å². The Hall–Kier alpha value is -4.32. The Bertz CT molecular complexity index is 1390. The molecule has 3 aromatic carbocycles. The van der Waals surface area contributed by atoms with Gasteiger partial charge in [-0.1, -0.05) is 79.7 Å². The van der Waals surface area contributed by atoms with Gasteiger partial charge in [0.05, 0.1) is 11.2 Å². The van der Waals surface area contributed by atoms with Crippen molar-refractivity contribution in [2.45, 2.75) is 25.9 Å². The van der Waals surface area contributed by atoms with Gasteiger partial charge in [-0.3, -0.25) is 0 Å². The third kappa shape index (κ3) is 5.35. The highest BCUT2D eigenvalue weighted by atomic mass is 16.5. The van der Waals surface area contributed by atoms with Crippen molar-refractivity contribution in [2.24, 2.45) is 0 Å². The van der Waals surface area contributed by atoms with Crippen LogP contribution in [-0.4, -0.2) is 25.6 Å². The number of nitrogens with zero attached hydrogens (tertiary/aromatic N) is 4. The number of rotatable bonds is 8. The average Bonchev–Trinajstić information content (AvgIpc) is 3.40. The van der Waals surface area contributed by atoms with Gasteiger partial charge in [-0.05, 0) is 57.3 Å². The molecule has 0 aliphatic heterocycles. The number of H-pyrrole nitrogens is 1. The van der Waals surface area contributed by atoms with Gasteiger partial charge < -0.3 is 4.74 Å². The number of pyridine rings is 1. The summed E-state index contributed by atoms with van der Waals surface area (Å²) in [4.78, 5) is 4.68. The second-order valence-electron chi connectivity index (χ2n) is 8.31. The molecule has 0 fully saturated rings. The van der Waals surface area contributed by atoms with Crippen LogP contribution in [0.15, 0.2) is 84.9 Å². The first-order valence-corrected chi connectivity index (χ1v) is 11.3. The standard InChI is InChI=1S/C28H25N5O/c1-20(17-28-30-32-33-31-28)23-13-11-21(12-14-23)9-10-22-5-4-7-26(18-22)34-19-25-16-15-24-6-2-3-8-27(24)29-25/h2-16,18,20H,17,19H2,1H3,(H,30,31,32,33)/b10-9+. The summed E-state index contributed by atoms with van der Waals surface area (Å²) in [5, 5.41) is 15.2. The van der Waals surface area contributed by atoms with Crippen LogP contribution in [0.3, 0.4) is 0 Å². The highest BCUT2D eigenvalue weighted by Gasteiger charge is 2.09.